The van der Waals surface area contributed by atoms with Crippen molar-refractivity contribution in [1.29, 1.82) is 0 Å². The maximum Gasteiger partial charge on any atom is 0.260 e. The number of hydrogen-bond acceptors (Lipinski definition) is 5. The summed E-state index contributed by atoms with van der Waals surface area (Å²) < 4.78 is 30.3. The van der Waals surface area contributed by atoms with E-state index in [1.807, 2.05) is 11.8 Å². The van der Waals surface area contributed by atoms with Crippen LogP contribution < -0.4 is 14.2 Å². The molecule has 0 unspecified atom stereocenters. The third-order valence-electron chi connectivity index (χ3n) is 5.53. The molecular formula is C25H31FN2O5. The summed E-state index contributed by atoms with van der Waals surface area (Å²) in [6.45, 7) is 3.90. The topological polar surface area (TPSA) is 68.3 Å². The van der Waals surface area contributed by atoms with Crippen molar-refractivity contribution in [2.45, 2.75) is 32.7 Å². The first-order chi connectivity index (χ1) is 15.9. The fourth-order valence-corrected chi connectivity index (χ4v) is 3.78. The molecule has 1 saturated heterocycles. The van der Waals surface area contributed by atoms with E-state index >= 15 is 0 Å². The summed E-state index contributed by atoms with van der Waals surface area (Å²) >= 11 is 0. The van der Waals surface area contributed by atoms with Gasteiger partial charge < -0.3 is 24.0 Å². The molecule has 3 rings (SSSR count). The van der Waals surface area contributed by atoms with E-state index in [2.05, 4.69) is 0 Å². The summed E-state index contributed by atoms with van der Waals surface area (Å²) in [5.74, 6) is 0.197. The monoisotopic (exact) mass is 458 g/mol. The maximum atomic E-state index is 14.0. The van der Waals surface area contributed by atoms with Crippen LogP contribution in [-0.2, 0) is 11.3 Å². The lowest BCUT2D eigenvalue weighted by Gasteiger charge is -2.26. The van der Waals surface area contributed by atoms with Gasteiger partial charge in [0.1, 0.15) is 0 Å². The number of amides is 2. The highest BCUT2D eigenvalue weighted by Gasteiger charge is 2.19. The van der Waals surface area contributed by atoms with Crippen LogP contribution >= 0.6 is 0 Å². The predicted molar refractivity (Wildman–Crippen MR) is 122 cm³/mol. The van der Waals surface area contributed by atoms with Gasteiger partial charge in [-0.25, -0.2) is 4.39 Å². The molecule has 0 aromatic heterocycles. The zero-order valence-electron chi connectivity index (χ0n) is 19.4. The molecule has 33 heavy (non-hydrogen) atoms. The molecule has 0 N–H and O–H groups in total. The van der Waals surface area contributed by atoms with Gasteiger partial charge in [0.05, 0.1) is 13.7 Å². The first kappa shape index (κ1) is 24.4. The average Bonchev–Trinajstić information content (AvgIpc) is 2.83. The molecule has 178 valence electrons. The minimum atomic E-state index is -0.477. The third kappa shape index (κ3) is 6.37. The largest absolute Gasteiger partial charge is 0.494 e. The first-order valence-electron chi connectivity index (χ1n) is 11.2. The molecule has 0 radical (unpaired) electrons. The molecule has 1 fully saturated rings. The summed E-state index contributed by atoms with van der Waals surface area (Å²) in [7, 11) is 3.05. The lowest BCUT2D eigenvalue weighted by Crippen LogP contribution is -2.38. The number of benzene rings is 2. The number of carbonyl (C=O) groups is 2. The van der Waals surface area contributed by atoms with Gasteiger partial charge in [-0.3, -0.25) is 9.59 Å². The van der Waals surface area contributed by atoms with Crippen LogP contribution in [0.1, 0.15) is 42.1 Å². The Hall–Kier alpha value is -3.29. The van der Waals surface area contributed by atoms with Crippen LogP contribution in [0.3, 0.4) is 0 Å². The molecule has 0 atom stereocenters. The number of rotatable bonds is 9. The van der Waals surface area contributed by atoms with Gasteiger partial charge in [0.25, 0.3) is 11.8 Å². The highest BCUT2D eigenvalue weighted by Crippen LogP contribution is 2.29. The number of ether oxygens (including phenoxy) is 3. The summed E-state index contributed by atoms with van der Waals surface area (Å²) in [6.07, 6.45) is 3.18. The van der Waals surface area contributed by atoms with E-state index in [1.54, 1.807) is 31.3 Å². The number of carbonyl (C=O) groups excluding carboxylic acids is 2. The van der Waals surface area contributed by atoms with Gasteiger partial charge in [-0.1, -0.05) is 6.07 Å². The molecule has 2 aromatic carbocycles. The number of hydrogen-bond donors (Lipinski definition) is 0. The molecule has 0 spiro atoms. The SMILES string of the molecule is CCOc1cc(C(=O)N(C)Cc2ccc(OC)c(F)c2)ccc1OCC(=O)N1CCCCC1. The lowest BCUT2D eigenvalue weighted by molar-refractivity contribution is -0.134. The molecule has 1 heterocycles. The number of likely N-dealkylation sites (tertiary alicyclic amines) is 1. The minimum Gasteiger partial charge on any atom is -0.494 e. The first-order valence-corrected chi connectivity index (χ1v) is 11.2. The van der Waals surface area contributed by atoms with Crippen LogP contribution in [0.15, 0.2) is 36.4 Å². The third-order valence-corrected chi connectivity index (χ3v) is 5.53. The van der Waals surface area contributed by atoms with Crippen LogP contribution in [0, 0.1) is 5.82 Å². The zero-order valence-corrected chi connectivity index (χ0v) is 19.4. The van der Waals surface area contributed by atoms with Gasteiger partial charge >= 0.3 is 0 Å². The van der Waals surface area contributed by atoms with Crippen LogP contribution in [0.4, 0.5) is 4.39 Å². The van der Waals surface area contributed by atoms with Gasteiger partial charge in [-0.2, -0.15) is 0 Å². The average molecular weight is 459 g/mol. The molecule has 1 aliphatic rings. The fourth-order valence-electron chi connectivity index (χ4n) is 3.78. The van der Waals surface area contributed by atoms with Crippen LogP contribution in [0.2, 0.25) is 0 Å². The van der Waals surface area contributed by atoms with Crippen molar-refractivity contribution in [1.82, 2.24) is 9.80 Å². The molecule has 2 amide bonds. The van der Waals surface area contributed by atoms with Gasteiger partial charge in [-0.05, 0) is 62.1 Å². The van der Waals surface area contributed by atoms with Crippen molar-refractivity contribution < 1.29 is 28.2 Å². The zero-order chi connectivity index (χ0) is 23.8. The summed E-state index contributed by atoms with van der Waals surface area (Å²) in [4.78, 5) is 28.7. The van der Waals surface area contributed by atoms with E-state index in [0.29, 0.717) is 29.2 Å². The van der Waals surface area contributed by atoms with E-state index in [9.17, 15) is 14.0 Å². The van der Waals surface area contributed by atoms with Crippen LogP contribution in [-0.4, -0.2) is 62.1 Å². The molecule has 8 heteroatoms. The van der Waals surface area contributed by atoms with Crippen molar-refractivity contribution in [3.05, 3.63) is 53.3 Å². The number of piperidine rings is 1. The smallest absolute Gasteiger partial charge is 0.260 e. The van der Waals surface area contributed by atoms with Gasteiger partial charge in [0.2, 0.25) is 0 Å². The lowest BCUT2D eigenvalue weighted by atomic mass is 10.1. The van der Waals surface area contributed by atoms with E-state index in [0.717, 1.165) is 32.4 Å². The minimum absolute atomic E-state index is 0.0521. The summed E-state index contributed by atoms with van der Waals surface area (Å²) in [6, 6.07) is 9.49. The molecule has 7 nitrogen and oxygen atoms in total. The normalized spacial score (nSPS) is 13.4. The molecule has 0 aliphatic carbocycles. The van der Waals surface area contributed by atoms with Crippen molar-refractivity contribution in [3.63, 3.8) is 0 Å². The van der Waals surface area contributed by atoms with Crippen molar-refractivity contribution in [2.24, 2.45) is 0 Å². The quantitative estimate of drug-likeness (QED) is 0.570. The number of halogens is 1. The second-order valence-electron chi connectivity index (χ2n) is 7.95. The van der Waals surface area contributed by atoms with E-state index < -0.39 is 5.82 Å². The molecule has 1 aliphatic heterocycles. The Morgan fingerprint density at radius 1 is 1.00 bits per heavy atom. The van der Waals surface area contributed by atoms with Crippen molar-refractivity contribution >= 4 is 11.8 Å². The summed E-state index contributed by atoms with van der Waals surface area (Å²) in [5, 5.41) is 0. The van der Waals surface area contributed by atoms with Gasteiger partial charge in [0.15, 0.2) is 29.7 Å². The highest BCUT2D eigenvalue weighted by molar-refractivity contribution is 5.94. The fraction of sp³-hybridized carbons (Fsp3) is 0.440. The number of nitrogens with zero attached hydrogens (tertiary/aromatic N) is 2. The van der Waals surface area contributed by atoms with Crippen LogP contribution in [0.5, 0.6) is 17.2 Å². The molecule has 0 saturated carbocycles. The molecule has 0 bridgehead atoms. The Bertz CT molecular complexity index is 975. The Labute approximate surface area is 194 Å². The van der Waals surface area contributed by atoms with E-state index in [4.69, 9.17) is 14.2 Å². The highest BCUT2D eigenvalue weighted by atomic mass is 19.1. The van der Waals surface area contributed by atoms with Gasteiger partial charge in [-0.15, -0.1) is 0 Å². The Kier molecular flexibility index (Phi) is 8.52. The Morgan fingerprint density at radius 2 is 1.73 bits per heavy atom. The number of methoxy groups -OCH3 is 1. The Balaban J connectivity index is 1.67. The predicted octanol–water partition coefficient (Wildman–Crippen LogP) is 3.90. The van der Waals surface area contributed by atoms with Crippen LogP contribution in [0.25, 0.3) is 0 Å². The molecule has 2 aromatic rings. The summed E-state index contributed by atoms with van der Waals surface area (Å²) in [5.41, 5.74) is 1.05. The second-order valence-corrected chi connectivity index (χ2v) is 7.95. The van der Waals surface area contributed by atoms with E-state index in [1.165, 1.54) is 24.1 Å². The molecular weight excluding hydrogens is 427 g/mol. The van der Waals surface area contributed by atoms with Gasteiger partial charge in [0, 0.05) is 32.2 Å². The standard InChI is InChI=1S/C25H31FN2O5/c1-4-32-23-15-19(9-11-22(23)33-17-24(29)28-12-6-5-7-13-28)25(30)27(2)16-18-8-10-21(31-3)20(26)14-18/h8-11,14-15H,4-7,12-13,16-17H2,1-3H3. The second kappa shape index (κ2) is 11.5. The van der Waals surface area contributed by atoms with E-state index in [-0.39, 0.29) is 30.7 Å². The maximum absolute atomic E-state index is 14.0. The van der Waals surface area contributed by atoms with Crippen molar-refractivity contribution in [2.75, 3.05) is 40.5 Å². The van der Waals surface area contributed by atoms with Crippen molar-refractivity contribution in [3.8, 4) is 17.2 Å². The Morgan fingerprint density at radius 3 is 2.39 bits per heavy atom.